The van der Waals surface area contributed by atoms with Gasteiger partial charge in [-0.3, -0.25) is 4.79 Å². The van der Waals surface area contributed by atoms with E-state index in [1.807, 2.05) is 42.2 Å². The highest BCUT2D eigenvalue weighted by molar-refractivity contribution is 5.96. The molecular weight excluding hydrogens is 246 g/mol. The lowest BCUT2D eigenvalue weighted by atomic mass is 10.0. The van der Waals surface area contributed by atoms with Gasteiger partial charge in [0.1, 0.15) is 0 Å². The lowest BCUT2D eigenvalue weighted by Crippen LogP contribution is -2.27. The van der Waals surface area contributed by atoms with Gasteiger partial charge in [0.2, 0.25) is 5.91 Å². The molecule has 100 valence electrons. The summed E-state index contributed by atoms with van der Waals surface area (Å²) in [4.78, 5) is 14.2. The number of nitrogens with zero attached hydrogens (tertiary/aromatic N) is 1. The first-order chi connectivity index (χ1) is 9.74. The van der Waals surface area contributed by atoms with Crippen LogP contribution >= 0.6 is 0 Å². The topological polar surface area (TPSA) is 20.3 Å². The maximum absolute atomic E-state index is 12.3. The van der Waals surface area contributed by atoms with Gasteiger partial charge in [-0.15, -0.1) is 0 Å². The highest BCUT2D eigenvalue weighted by atomic mass is 16.2. The van der Waals surface area contributed by atoms with E-state index in [1.165, 1.54) is 11.1 Å². The monoisotopic (exact) mass is 263 g/mol. The van der Waals surface area contributed by atoms with Gasteiger partial charge in [0.05, 0.1) is 0 Å². The Morgan fingerprint density at radius 2 is 1.70 bits per heavy atom. The van der Waals surface area contributed by atoms with E-state index in [0.29, 0.717) is 13.1 Å². The van der Waals surface area contributed by atoms with E-state index < -0.39 is 0 Å². The zero-order chi connectivity index (χ0) is 13.9. The minimum absolute atomic E-state index is 0.0857. The summed E-state index contributed by atoms with van der Waals surface area (Å²) in [5, 5.41) is 0. The van der Waals surface area contributed by atoms with E-state index in [-0.39, 0.29) is 5.91 Å². The van der Waals surface area contributed by atoms with Crippen LogP contribution in [0.3, 0.4) is 0 Å². The van der Waals surface area contributed by atoms with E-state index in [1.54, 1.807) is 6.08 Å². The summed E-state index contributed by atoms with van der Waals surface area (Å²) in [5.41, 5.74) is 4.59. The van der Waals surface area contributed by atoms with Crippen LogP contribution in [0.25, 0.3) is 5.57 Å². The average Bonchev–Trinajstić information content (AvgIpc) is 2.58. The van der Waals surface area contributed by atoms with E-state index in [2.05, 4.69) is 24.3 Å². The molecule has 0 aliphatic carbocycles. The first-order valence-corrected chi connectivity index (χ1v) is 6.83. The number of rotatable bonds is 2. The fourth-order valence-corrected chi connectivity index (χ4v) is 2.62. The van der Waals surface area contributed by atoms with Gasteiger partial charge in [0, 0.05) is 19.2 Å². The third kappa shape index (κ3) is 2.50. The Labute approximate surface area is 119 Å². The molecule has 2 aromatic rings. The van der Waals surface area contributed by atoms with Gasteiger partial charge in [-0.1, -0.05) is 54.6 Å². The number of carbonyl (C=O) groups is 1. The Morgan fingerprint density at radius 3 is 2.50 bits per heavy atom. The summed E-state index contributed by atoms with van der Waals surface area (Å²) < 4.78 is 0. The summed E-state index contributed by atoms with van der Waals surface area (Å²) in [6.07, 6.45) is 1.74. The molecule has 0 fully saturated rings. The summed E-state index contributed by atoms with van der Waals surface area (Å²) in [7, 11) is 0. The molecule has 0 unspecified atom stereocenters. The minimum atomic E-state index is 0.0857. The number of hydrogen-bond donors (Lipinski definition) is 0. The summed E-state index contributed by atoms with van der Waals surface area (Å²) >= 11 is 0. The molecule has 0 radical (unpaired) electrons. The van der Waals surface area contributed by atoms with Crippen molar-refractivity contribution in [2.75, 3.05) is 0 Å². The lowest BCUT2D eigenvalue weighted by Gasteiger charge is -2.20. The number of fused-ring (bicyclic) bond motifs is 1. The Morgan fingerprint density at radius 1 is 1.00 bits per heavy atom. The van der Waals surface area contributed by atoms with Crippen molar-refractivity contribution in [1.82, 2.24) is 4.90 Å². The molecule has 1 amide bonds. The van der Waals surface area contributed by atoms with Gasteiger partial charge in [-0.25, -0.2) is 0 Å². The maximum atomic E-state index is 12.3. The van der Waals surface area contributed by atoms with Crippen LogP contribution in [0, 0.1) is 0 Å². The molecule has 0 bridgehead atoms. The van der Waals surface area contributed by atoms with E-state index in [9.17, 15) is 4.79 Å². The molecule has 0 N–H and O–H groups in total. The first kappa shape index (κ1) is 12.7. The van der Waals surface area contributed by atoms with Crippen LogP contribution in [0.5, 0.6) is 0 Å². The fraction of sp³-hybridized carbons (Fsp3) is 0.167. The second-order valence-electron chi connectivity index (χ2n) is 5.16. The van der Waals surface area contributed by atoms with Crippen molar-refractivity contribution in [3.63, 3.8) is 0 Å². The molecule has 0 spiro atoms. The zero-order valence-electron chi connectivity index (χ0n) is 11.5. The standard InChI is InChI=1S/C18H17NO/c1-14-11-18(20)19(12-15-7-3-2-4-8-15)13-16-9-5-6-10-17(14)16/h2-11H,12-13H2,1H3. The number of benzene rings is 2. The van der Waals surface area contributed by atoms with Gasteiger partial charge in [-0.2, -0.15) is 0 Å². The molecule has 0 saturated heterocycles. The van der Waals surface area contributed by atoms with Crippen molar-refractivity contribution >= 4 is 11.5 Å². The summed E-state index contributed by atoms with van der Waals surface area (Å²) in [6.45, 7) is 3.32. The summed E-state index contributed by atoms with van der Waals surface area (Å²) in [5.74, 6) is 0.0857. The molecular formula is C18H17NO. The van der Waals surface area contributed by atoms with Gasteiger partial charge >= 0.3 is 0 Å². The van der Waals surface area contributed by atoms with Crippen LogP contribution in [0.2, 0.25) is 0 Å². The van der Waals surface area contributed by atoms with E-state index in [0.717, 1.165) is 11.1 Å². The molecule has 0 aromatic heterocycles. The molecule has 1 aliphatic rings. The lowest BCUT2D eigenvalue weighted by molar-refractivity contribution is -0.127. The van der Waals surface area contributed by atoms with Crippen LogP contribution in [-0.4, -0.2) is 10.8 Å². The fourth-order valence-electron chi connectivity index (χ4n) is 2.62. The van der Waals surface area contributed by atoms with Crippen molar-refractivity contribution in [3.05, 3.63) is 77.4 Å². The van der Waals surface area contributed by atoms with Crippen molar-refractivity contribution in [1.29, 1.82) is 0 Å². The second kappa shape index (κ2) is 5.33. The van der Waals surface area contributed by atoms with E-state index >= 15 is 0 Å². The Bertz CT molecular complexity index is 658. The first-order valence-electron chi connectivity index (χ1n) is 6.83. The Balaban J connectivity index is 1.92. The van der Waals surface area contributed by atoms with Crippen LogP contribution in [-0.2, 0) is 17.9 Å². The van der Waals surface area contributed by atoms with Crippen LogP contribution in [0.4, 0.5) is 0 Å². The van der Waals surface area contributed by atoms with Crippen molar-refractivity contribution in [3.8, 4) is 0 Å². The van der Waals surface area contributed by atoms with Gasteiger partial charge < -0.3 is 4.90 Å². The Hall–Kier alpha value is -2.35. The number of hydrogen-bond acceptors (Lipinski definition) is 1. The van der Waals surface area contributed by atoms with Gasteiger partial charge in [0.25, 0.3) is 0 Å². The molecule has 2 heteroatoms. The van der Waals surface area contributed by atoms with E-state index in [4.69, 9.17) is 0 Å². The number of carbonyl (C=O) groups excluding carboxylic acids is 1. The maximum Gasteiger partial charge on any atom is 0.247 e. The van der Waals surface area contributed by atoms with Crippen molar-refractivity contribution < 1.29 is 4.79 Å². The van der Waals surface area contributed by atoms with Gasteiger partial charge in [0.15, 0.2) is 0 Å². The normalized spacial score (nSPS) is 14.6. The predicted molar refractivity (Wildman–Crippen MR) is 80.8 cm³/mol. The SMILES string of the molecule is CC1=CC(=O)N(Cc2ccccc2)Cc2ccccc21. The molecule has 1 heterocycles. The zero-order valence-corrected chi connectivity index (χ0v) is 11.5. The molecule has 2 nitrogen and oxygen atoms in total. The number of allylic oxidation sites excluding steroid dienone is 1. The minimum Gasteiger partial charge on any atom is -0.330 e. The van der Waals surface area contributed by atoms with Crippen LogP contribution in [0.15, 0.2) is 60.7 Å². The molecule has 3 rings (SSSR count). The predicted octanol–water partition coefficient (Wildman–Crippen LogP) is 3.63. The Kier molecular flexibility index (Phi) is 3.38. The molecule has 0 atom stereocenters. The third-order valence-corrected chi connectivity index (χ3v) is 3.67. The molecule has 2 aromatic carbocycles. The quantitative estimate of drug-likeness (QED) is 0.810. The molecule has 1 aliphatic heterocycles. The van der Waals surface area contributed by atoms with Gasteiger partial charge in [-0.05, 0) is 29.2 Å². The van der Waals surface area contributed by atoms with Crippen molar-refractivity contribution in [2.24, 2.45) is 0 Å². The highest BCUT2D eigenvalue weighted by Crippen LogP contribution is 2.24. The smallest absolute Gasteiger partial charge is 0.247 e. The van der Waals surface area contributed by atoms with Crippen molar-refractivity contribution in [2.45, 2.75) is 20.0 Å². The van der Waals surface area contributed by atoms with Crippen LogP contribution in [0.1, 0.15) is 23.6 Å². The highest BCUT2D eigenvalue weighted by Gasteiger charge is 2.19. The second-order valence-corrected chi connectivity index (χ2v) is 5.16. The van der Waals surface area contributed by atoms with Crippen LogP contribution < -0.4 is 0 Å². The third-order valence-electron chi connectivity index (χ3n) is 3.67. The molecule has 0 saturated carbocycles. The number of amides is 1. The summed E-state index contributed by atoms with van der Waals surface area (Å²) in [6, 6.07) is 18.4. The molecule has 20 heavy (non-hydrogen) atoms. The average molecular weight is 263 g/mol. The largest absolute Gasteiger partial charge is 0.330 e.